The van der Waals surface area contributed by atoms with Crippen molar-refractivity contribution >= 4 is 54.7 Å². The third-order valence-corrected chi connectivity index (χ3v) is 8.90. The fraction of sp³-hybridized carbons (Fsp3) is 0.385. The third kappa shape index (κ3) is 4.73. The highest BCUT2D eigenvalue weighted by Gasteiger charge is 2.58. The molecule has 2 aliphatic heterocycles. The zero-order valence-electron chi connectivity index (χ0n) is 21.6. The number of carbonyl (C=O) groups is 2. The molecule has 0 aromatic heterocycles. The van der Waals surface area contributed by atoms with Crippen LogP contribution in [0.25, 0.3) is 0 Å². The van der Waals surface area contributed by atoms with E-state index in [0.29, 0.717) is 31.6 Å². The highest BCUT2D eigenvalue weighted by molar-refractivity contribution is 7.92. The summed E-state index contributed by atoms with van der Waals surface area (Å²) in [5.74, 6) is -2.53. The summed E-state index contributed by atoms with van der Waals surface area (Å²) >= 11 is 0. The van der Waals surface area contributed by atoms with Crippen molar-refractivity contribution in [1.82, 2.24) is 0 Å². The number of amidine groups is 1. The number of nitrogens with one attached hydrogen (secondary N) is 2. The largest absolute Gasteiger partial charge is 0.478 e. The van der Waals surface area contributed by atoms with Gasteiger partial charge in [0.15, 0.2) is 11.6 Å². The highest BCUT2D eigenvalue weighted by atomic mass is 32.2. The minimum Gasteiger partial charge on any atom is -0.478 e. The zero-order chi connectivity index (χ0) is 28.2. The lowest BCUT2D eigenvalue weighted by atomic mass is 9.61. The summed E-state index contributed by atoms with van der Waals surface area (Å²) < 4.78 is 61.7. The van der Waals surface area contributed by atoms with Gasteiger partial charge in [0.1, 0.15) is 28.7 Å². The van der Waals surface area contributed by atoms with Crippen LogP contribution in [0.2, 0.25) is 0 Å². The van der Waals surface area contributed by atoms with Crippen molar-refractivity contribution in [2.24, 2.45) is 21.2 Å². The molecule has 5 rings (SSSR count). The number of benzene rings is 2. The van der Waals surface area contributed by atoms with Crippen molar-refractivity contribution in [3.05, 3.63) is 53.6 Å². The number of carbonyl (C=O) groups excluding carboxylic acids is 2. The highest BCUT2D eigenvalue weighted by Crippen LogP contribution is 2.45. The Morgan fingerprint density at radius 2 is 1.92 bits per heavy atom. The normalized spacial score (nSPS) is 23.7. The van der Waals surface area contributed by atoms with Gasteiger partial charge in [0.05, 0.1) is 18.5 Å². The Kier molecular flexibility index (Phi) is 6.62. The standard InChI is InChI=1S/C26H28N4O7S2/c1-15(2)10-11-26(25-27-12-13-37-25)18-7-5-4-6-17(18)22(31)21(23(26)32)24-28-19-9-8-16(29-38(3,33)34)14-20(19)39(35,36)30-24/h4-9,14-15,21,29H,10-13H2,1-3H3,(H,28,30). The molecule has 39 heavy (non-hydrogen) atoms. The van der Waals surface area contributed by atoms with Crippen molar-refractivity contribution in [3.63, 3.8) is 0 Å². The van der Waals surface area contributed by atoms with Gasteiger partial charge in [0, 0.05) is 11.3 Å². The number of anilines is 2. The van der Waals surface area contributed by atoms with E-state index in [1.54, 1.807) is 24.3 Å². The van der Waals surface area contributed by atoms with E-state index < -0.39 is 42.9 Å². The first kappa shape index (κ1) is 27.0. The van der Waals surface area contributed by atoms with Crippen molar-refractivity contribution < 1.29 is 31.2 Å². The van der Waals surface area contributed by atoms with Gasteiger partial charge >= 0.3 is 0 Å². The van der Waals surface area contributed by atoms with Crippen molar-refractivity contribution in [2.75, 3.05) is 29.4 Å². The van der Waals surface area contributed by atoms with Crippen LogP contribution < -0.4 is 10.0 Å². The molecule has 13 heteroatoms. The molecule has 0 saturated heterocycles. The van der Waals surface area contributed by atoms with Crippen LogP contribution in [0.5, 0.6) is 0 Å². The maximum absolute atomic E-state index is 14.5. The molecule has 2 aromatic rings. The Hall–Kier alpha value is -3.58. The molecule has 2 N–H and O–H groups in total. The number of hydrogen-bond acceptors (Lipinski definition) is 9. The number of Topliss-reactive ketones (excluding diaryl/α,β-unsaturated/α-hetero) is 2. The van der Waals surface area contributed by atoms with Gasteiger partial charge in [-0.25, -0.2) is 8.42 Å². The minimum atomic E-state index is -4.40. The van der Waals surface area contributed by atoms with Crippen molar-refractivity contribution in [3.8, 4) is 0 Å². The second-order valence-corrected chi connectivity index (χ2v) is 13.6. The predicted molar refractivity (Wildman–Crippen MR) is 146 cm³/mol. The Morgan fingerprint density at radius 1 is 1.18 bits per heavy atom. The van der Waals surface area contributed by atoms with Crippen molar-refractivity contribution in [2.45, 2.75) is 37.0 Å². The fourth-order valence-corrected chi connectivity index (χ4v) is 6.97. The maximum atomic E-state index is 14.5. The third-order valence-electron chi connectivity index (χ3n) is 6.96. The van der Waals surface area contributed by atoms with Crippen molar-refractivity contribution in [1.29, 1.82) is 0 Å². The van der Waals surface area contributed by atoms with Crippen LogP contribution in [0.3, 0.4) is 0 Å². The Bertz CT molecular complexity index is 1660. The molecule has 0 fully saturated rings. The lowest BCUT2D eigenvalue weighted by Crippen LogP contribution is -2.56. The summed E-state index contributed by atoms with van der Waals surface area (Å²) in [6.45, 7) is 4.72. The second kappa shape index (κ2) is 9.56. The van der Waals surface area contributed by atoms with E-state index in [4.69, 9.17) is 4.74 Å². The second-order valence-electron chi connectivity index (χ2n) is 10.2. The molecule has 0 amide bonds. The summed E-state index contributed by atoms with van der Waals surface area (Å²) in [6, 6.07) is 10.6. The van der Waals surface area contributed by atoms with Crippen LogP contribution in [0, 0.1) is 11.8 Å². The fourth-order valence-electron chi connectivity index (χ4n) is 5.24. The SMILES string of the molecule is CC(C)CCC1(C2=NCCO2)C(=O)C(C2=NS(=O)(=O)c3cc(NS(C)(=O)=O)ccc3N2)C(=O)c2ccccc21. The van der Waals surface area contributed by atoms with Gasteiger partial charge in [0.2, 0.25) is 15.9 Å². The first-order chi connectivity index (χ1) is 18.3. The molecule has 206 valence electrons. The molecular formula is C26H28N4O7S2. The molecule has 2 heterocycles. The molecule has 0 saturated carbocycles. The average Bonchev–Trinajstić information content (AvgIpc) is 3.39. The molecule has 2 atom stereocenters. The van der Waals surface area contributed by atoms with Gasteiger partial charge in [-0.1, -0.05) is 38.1 Å². The van der Waals surface area contributed by atoms with Gasteiger partial charge in [-0.15, -0.1) is 4.40 Å². The monoisotopic (exact) mass is 572 g/mol. The van der Waals surface area contributed by atoms with Gasteiger partial charge in [0.25, 0.3) is 10.0 Å². The number of sulfonamides is 2. The van der Waals surface area contributed by atoms with E-state index >= 15 is 0 Å². The molecule has 0 radical (unpaired) electrons. The van der Waals surface area contributed by atoms with Gasteiger partial charge in [-0.3, -0.25) is 19.3 Å². The Labute approximate surface area is 226 Å². The lowest BCUT2D eigenvalue weighted by molar-refractivity contribution is -0.124. The average molecular weight is 573 g/mol. The molecule has 0 spiro atoms. The van der Waals surface area contributed by atoms with E-state index in [1.165, 1.54) is 12.1 Å². The van der Waals surface area contributed by atoms with Gasteiger partial charge < -0.3 is 10.1 Å². The summed E-state index contributed by atoms with van der Waals surface area (Å²) in [4.78, 5) is 32.5. The molecule has 0 bridgehead atoms. The number of hydrogen-bond donors (Lipinski definition) is 2. The first-order valence-electron chi connectivity index (χ1n) is 12.4. The lowest BCUT2D eigenvalue weighted by Gasteiger charge is -2.40. The topological polar surface area (TPSA) is 160 Å². The van der Waals surface area contributed by atoms with Crippen LogP contribution in [0.1, 0.15) is 42.6 Å². The molecular weight excluding hydrogens is 544 g/mol. The van der Waals surface area contributed by atoms with Crippen LogP contribution in [-0.4, -0.2) is 59.5 Å². The summed E-state index contributed by atoms with van der Waals surface area (Å²) in [5, 5.41) is 2.87. The molecule has 2 unspecified atom stereocenters. The number of ether oxygens (including phenoxy) is 1. The smallest absolute Gasteiger partial charge is 0.286 e. The Morgan fingerprint density at radius 3 is 2.59 bits per heavy atom. The minimum absolute atomic E-state index is 0.0307. The molecule has 3 aliphatic rings. The van der Waals surface area contributed by atoms with E-state index in [0.717, 1.165) is 12.3 Å². The number of aliphatic imine (C=N–C) groups is 1. The number of rotatable bonds is 7. The summed E-state index contributed by atoms with van der Waals surface area (Å²) in [6.07, 6.45) is 1.89. The molecule has 1 aliphatic carbocycles. The predicted octanol–water partition coefficient (Wildman–Crippen LogP) is 2.76. The van der Waals surface area contributed by atoms with Crippen LogP contribution in [-0.2, 0) is 35.0 Å². The number of ketones is 2. The first-order valence-corrected chi connectivity index (χ1v) is 15.8. The number of fused-ring (bicyclic) bond motifs is 2. The van der Waals surface area contributed by atoms with Gasteiger partial charge in [-0.2, -0.15) is 8.42 Å². The van der Waals surface area contributed by atoms with Crippen LogP contribution >= 0.6 is 0 Å². The van der Waals surface area contributed by atoms with E-state index in [1.807, 2.05) is 13.8 Å². The summed E-state index contributed by atoms with van der Waals surface area (Å²) in [5.41, 5.74) is -0.505. The number of nitrogens with zero attached hydrogens (tertiary/aromatic N) is 2. The van der Waals surface area contributed by atoms with Crippen LogP contribution in [0.4, 0.5) is 11.4 Å². The quantitative estimate of drug-likeness (QED) is 0.479. The maximum Gasteiger partial charge on any atom is 0.286 e. The van der Waals surface area contributed by atoms with E-state index in [-0.39, 0.29) is 39.5 Å². The molecule has 11 nitrogen and oxygen atoms in total. The van der Waals surface area contributed by atoms with Crippen LogP contribution in [0.15, 0.2) is 56.8 Å². The van der Waals surface area contributed by atoms with Gasteiger partial charge in [-0.05, 0) is 42.5 Å². The summed E-state index contributed by atoms with van der Waals surface area (Å²) in [7, 11) is -8.06. The van der Waals surface area contributed by atoms with E-state index in [9.17, 15) is 26.4 Å². The van der Waals surface area contributed by atoms with E-state index in [2.05, 4.69) is 19.4 Å². The zero-order valence-corrected chi connectivity index (χ0v) is 23.2. The Balaban J connectivity index is 1.65. The molecule has 2 aromatic carbocycles.